The number of benzene rings is 1. The van der Waals surface area contributed by atoms with Crippen LogP contribution in [0.2, 0.25) is 0 Å². The van der Waals surface area contributed by atoms with Gasteiger partial charge >= 0.3 is 0 Å². The highest BCUT2D eigenvalue weighted by Crippen LogP contribution is 2.13. The monoisotopic (exact) mass is 224 g/mol. The van der Waals surface area contributed by atoms with Gasteiger partial charge in [0.1, 0.15) is 0 Å². The van der Waals surface area contributed by atoms with Gasteiger partial charge in [-0.15, -0.1) is 11.6 Å². The minimum absolute atomic E-state index is 0.248. The Morgan fingerprint density at radius 1 is 1.27 bits per heavy atom. The number of carbonyl (C=O) groups is 1. The first-order valence-electron chi connectivity index (χ1n) is 5.46. The van der Waals surface area contributed by atoms with E-state index in [-0.39, 0.29) is 5.78 Å². The van der Waals surface area contributed by atoms with Crippen LogP contribution < -0.4 is 0 Å². The van der Waals surface area contributed by atoms with E-state index in [1.807, 2.05) is 24.3 Å². The van der Waals surface area contributed by atoms with Crippen LogP contribution in [0.4, 0.5) is 0 Å². The molecular formula is C13H17ClO. The van der Waals surface area contributed by atoms with E-state index in [1.165, 1.54) is 0 Å². The minimum Gasteiger partial charge on any atom is -0.294 e. The third-order valence-electron chi connectivity index (χ3n) is 2.49. The molecule has 0 aliphatic heterocycles. The van der Waals surface area contributed by atoms with E-state index in [9.17, 15) is 4.79 Å². The second kappa shape index (κ2) is 6.62. The van der Waals surface area contributed by atoms with E-state index in [4.69, 9.17) is 11.6 Å². The van der Waals surface area contributed by atoms with E-state index in [0.717, 1.165) is 30.4 Å². The molecule has 1 aromatic rings. The molecule has 0 aromatic heterocycles. The van der Waals surface area contributed by atoms with Crippen LogP contribution >= 0.6 is 11.6 Å². The standard InChI is InChI=1S/C13H17ClO/c1-2-11-7-3-4-8-12(11)13(15)9-5-6-10-14/h3-4,7-8H,2,5-6,9-10H2,1H3. The number of rotatable bonds is 6. The Bertz CT molecular complexity index is 320. The van der Waals surface area contributed by atoms with Crippen molar-refractivity contribution in [2.75, 3.05) is 5.88 Å². The Hall–Kier alpha value is -0.820. The molecule has 0 bridgehead atoms. The Balaban J connectivity index is 2.64. The van der Waals surface area contributed by atoms with Crippen molar-refractivity contribution < 1.29 is 4.79 Å². The fourth-order valence-electron chi connectivity index (χ4n) is 1.62. The molecule has 0 saturated heterocycles. The highest BCUT2D eigenvalue weighted by atomic mass is 35.5. The van der Waals surface area contributed by atoms with Crippen molar-refractivity contribution in [1.82, 2.24) is 0 Å². The lowest BCUT2D eigenvalue weighted by Gasteiger charge is -2.05. The predicted molar refractivity (Wildman–Crippen MR) is 64.7 cm³/mol. The lowest BCUT2D eigenvalue weighted by molar-refractivity contribution is 0.0979. The van der Waals surface area contributed by atoms with Gasteiger partial charge in [0.15, 0.2) is 5.78 Å². The normalized spacial score (nSPS) is 10.3. The van der Waals surface area contributed by atoms with Gasteiger partial charge < -0.3 is 0 Å². The van der Waals surface area contributed by atoms with Crippen LogP contribution in [0, 0.1) is 0 Å². The number of Topliss-reactive ketones (excluding diaryl/α,β-unsaturated/α-hetero) is 1. The molecule has 1 aromatic carbocycles. The molecule has 0 aliphatic carbocycles. The van der Waals surface area contributed by atoms with Crippen molar-refractivity contribution >= 4 is 17.4 Å². The van der Waals surface area contributed by atoms with Gasteiger partial charge in [-0.3, -0.25) is 4.79 Å². The fraction of sp³-hybridized carbons (Fsp3) is 0.462. The largest absolute Gasteiger partial charge is 0.294 e. The van der Waals surface area contributed by atoms with Gasteiger partial charge in [0, 0.05) is 17.9 Å². The molecule has 0 spiro atoms. The SMILES string of the molecule is CCc1ccccc1C(=O)CCCCCl. The molecule has 0 atom stereocenters. The van der Waals surface area contributed by atoms with Gasteiger partial charge in [0.25, 0.3) is 0 Å². The number of carbonyl (C=O) groups excluding carboxylic acids is 1. The van der Waals surface area contributed by atoms with Gasteiger partial charge in [0.05, 0.1) is 0 Å². The lowest BCUT2D eigenvalue weighted by atomic mass is 9.99. The topological polar surface area (TPSA) is 17.1 Å². The van der Waals surface area contributed by atoms with Crippen LogP contribution in [0.3, 0.4) is 0 Å². The second-order valence-corrected chi connectivity index (χ2v) is 3.96. The number of alkyl halides is 1. The van der Waals surface area contributed by atoms with Gasteiger partial charge in [-0.1, -0.05) is 31.2 Å². The molecule has 0 amide bonds. The molecule has 1 rings (SSSR count). The molecule has 0 saturated carbocycles. The first-order chi connectivity index (χ1) is 7.29. The Morgan fingerprint density at radius 2 is 2.00 bits per heavy atom. The Labute approximate surface area is 96.5 Å². The second-order valence-electron chi connectivity index (χ2n) is 3.58. The number of ketones is 1. The maximum absolute atomic E-state index is 11.9. The van der Waals surface area contributed by atoms with Crippen molar-refractivity contribution in [3.63, 3.8) is 0 Å². The molecule has 1 nitrogen and oxygen atoms in total. The fourth-order valence-corrected chi connectivity index (χ4v) is 1.80. The van der Waals surface area contributed by atoms with E-state index in [2.05, 4.69) is 6.92 Å². The number of halogens is 1. The molecule has 2 heteroatoms. The summed E-state index contributed by atoms with van der Waals surface area (Å²) in [4.78, 5) is 11.9. The highest BCUT2D eigenvalue weighted by molar-refractivity contribution is 6.17. The summed E-state index contributed by atoms with van der Waals surface area (Å²) in [6.07, 6.45) is 3.34. The average molecular weight is 225 g/mol. The summed E-state index contributed by atoms with van der Waals surface area (Å²) in [5.41, 5.74) is 2.03. The van der Waals surface area contributed by atoms with E-state index < -0.39 is 0 Å². The Morgan fingerprint density at radius 3 is 2.67 bits per heavy atom. The van der Waals surface area contributed by atoms with Crippen molar-refractivity contribution in [3.05, 3.63) is 35.4 Å². The zero-order chi connectivity index (χ0) is 11.1. The van der Waals surface area contributed by atoms with E-state index in [0.29, 0.717) is 12.3 Å². The van der Waals surface area contributed by atoms with Crippen LogP contribution in [0.25, 0.3) is 0 Å². The molecule has 0 heterocycles. The number of hydrogen-bond donors (Lipinski definition) is 0. The van der Waals surface area contributed by atoms with E-state index >= 15 is 0 Å². The first-order valence-corrected chi connectivity index (χ1v) is 6.00. The van der Waals surface area contributed by atoms with Gasteiger partial charge in [-0.05, 0) is 24.8 Å². The zero-order valence-electron chi connectivity index (χ0n) is 9.13. The summed E-state index contributed by atoms with van der Waals surface area (Å²) >= 11 is 5.58. The van der Waals surface area contributed by atoms with Crippen LogP contribution in [0.15, 0.2) is 24.3 Å². The molecule has 0 unspecified atom stereocenters. The summed E-state index contributed by atoms with van der Waals surface area (Å²) in [5.74, 6) is 0.889. The van der Waals surface area contributed by atoms with Crippen molar-refractivity contribution in [2.45, 2.75) is 32.6 Å². The van der Waals surface area contributed by atoms with Gasteiger partial charge in [0.2, 0.25) is 0 Å². The van der Waals surface area contributed by atoms with Crippen LogP contribution in [0.5, 0.6) is 0 Å². The molecule has 0 fully saturated rings. The van der Waals surface area contributed by atoms with Crippen LogP contribution in [-0.2, 0) is 6.42 Å². The van der Waals surface area contributed by atoms with Gasteiger partial charge in [-0.25, -0.2) is 0 Å². The van der Waals surface area contributed by atoms with E-state index in [1.54, 1.807) is 0 Å². The molecule has 0 aliphatic rings. The highest BCUT2D eigenvalue weighted by Gasteiger charge is 2.08. The first kappa shape index (κ1) is 12.3. The summed E-state index contributed by atoms with van der Waals surface area (Å²) in [6.45, 7) is 2.07. The zero-order valence-corrected chi connectivity index (χ0v) is 9.89. The Kier molecular flexibility index (Phi) is 5.41. The maximum atomic E-state index is 11.9. The van der Waals surface area contributed by atoms with Crippen LogP contribution in [0.1, 0.15) is 42.1 Å². The third kappa shape index (κ3) is 3.67. The lowest BCUT2D eigenvalue weighted by Crippen LogP contribution is -2.03. The molecule has 15 heavy (non-hydrogen) atoms. The number of aryl methyl sites for hydroxylation is 1. The molecular weight excluding hydrogens is 208 g/mol. The van der Waals surface area contributed by atoms with Crippen LogP contribution in [-0.4, -0.2) is 11.7 Å². The van der Waals surface area contributed by atoms with Crippen molar-refractivity contribution in [1.29, 1.82) is 0 Å². The molecule has 0 N–H and O–H groups in total. The summed E-state index contributed by atoms with van der Waals surface area (Å²) in [6, 6.07) is 7.85. The molecule has 0 radical (unpaired) electrons. The summed E-state index contributed by atoms with van der Waals surface area (Å²) in [7, 11) is 0. The number of unbranched alkanes of at least 4 members (excludes halogenated alkanes) is 1. The van der Waals surface area contributed by atoms with Gasteiger partial charge in [-0.2, -0.15) is 0 Å². The maximum Gasteiger partial charge on any atom is 0.163 e. The predicted octanol–water partition coefficient (Wildman–Crippen LogP) is 3.84. The number of hydrogen-bond acceptors (Lipinski definition) is 1. The summed E-state index contributed by atoms with van der Waals surface area (Å²) < 4.78 is 0. The average Bonchev–Trinajstić information content (AvgIpc) is 2.29. The van der Waals surface area contributed by atoms with Crippen molar-refractivity contribution in [2.24, 2.45) is 0 Å². The third-order valence-corrected chi connectivity index (χ3v) is 2.75. The summed E-state index contributed by atoms with van der Waals surface area (Å²) in [5, 5.41) is 0. The molecule has 82 valence electrons. The smallest absolute Gasteiger partial charge is 0.163 e. The minimum atomic E-state index is 0.248. The van der Waals surface area contributed by atoms with Crippen molar-refractivity contribution in [3.8, 4) is 0 Å². The quantitative estimate of drug-likeness (QED) is 0.408.